The van der Waals surface area contributed by atoms with E-state index < -0.39 is 0 Å². The van der Waals surface area contributed by atoms with Crippen molar-refractivity contribution in [2.75, 3.05) is 45.9 Å². The number of piperazine rings is 1. The summed E-state index contributed by atoms with van der Waals surface area (Å²) in [5.74, 6) is 0.516. The molecular formula is C14H29Cl2N3O2. The number of nitrogens with two attached hydrogens (primary N) is 1. The Kier molecular flexibility index (Phi) is 10.6. The fourth-order valence-corrected chi connectivity index (χ4v) is 3.03. The van der Waals surface area contributed by atoms with Crippen LogP contribution in [0.2, 0.25) is 0 Å². The highest BCUT2D eigenvalue weighted by atomic mass is 35.5. The molecule has 2 rings (SSSR count). The first-order valence-electron chi connectivity index (χ1n) is 7.55. The highest BCUT2D eigenvalue weighted by Gasteiger charge is 2.32. The first kappa shape index (κ1) is 20.9. The highest BCUT2D eigenvalue weighted by molar-refractivity contribution is 5.85. The molecule has 1 heterocycles. The van der Waals surface area contributed by atoms with E-state index >= 15 is 0 Å². The van der Waals surface area contributed by atoms with Crippen molar-refractivity contribution in [3.8, 4) is 0 Å². The SMILES string of the molecule is CCOCCN1CCN(C(=O)C2CCC(N)C2)CC1.Cl.Cl. The molecular weight excluding hydrogens is 313 g/mol. The van der Waals surface area contributed by atoms with Gasteiger partial charge < -0.3 is 15.4 Å². The van der Waals surface area contributed by atoms with Crippen LogP contribution in [0.3, 0.4) is 0 Å². The largest absolute Gasteiger partial charge is 0.380 e. The van der Waals surface area contributed by atoms with Gasteiger partial charge in [0.25, 0.3) is 0 Å². The molecule has 2 fully saturated rings. The van der Waals surface area contributed by atoms with E-state index in [0.717, 1.165) is 65.2 Å². The molecule has 1 aliphatic carbocycles. The van der Waals surface area contributed by atoms with E-state index in [1.54, 1.807) is 0 Å². The monoisotopic (exact) mass is 341 g/mol. The Hall–Kier alpha value is -0.0700. The number of hydrogen-bond donors (Lipinski definition) is 1. The van der Waals surface area contributed by atoms with Crippen LogP contribution in [-0.2, 0) is 9.53 Å². The van der Waals surface area contributed by atoms with Crippen molar-refractivity contribution in [1.29, 1.82) is 0 Å². The Labute approximate surface area is 140 Å². The molecule has 5 nitrogen and oxygen atoms in total. The molecule has 0 aromatic carbocycles. The molecule has 7 heteroatoms. The maximum atomic E-state index is 12.3. The number of nitrogens with zero attached hydrogens (tertiary/aromatic N) is 2. The first-order chi connectivity index (χ1) is 9.20. The second-order valence-corrected chi connectivity index (χ2v) is 5.63. The van der Waals surface area contributed by atoms with Crippen LogP contribution in [0.25, 0.3) is 0 Å². The Morgan fingerprint density at radius 1 is 1.19 bits per heavy atom. The number of hydrogen-bond acceptors (Lipinski definition) is 4. The highest BCUT2D eigenvalue weighted by Crippen LogP contribution is 2.26. The lowest BCUT2D eigenvalue weighted by Gasteiger charge is -2.35. The zero-order valence-electron chi connectivity index (χ0n) is 12.8. The molecule has 0 aromatic heterocycles. The minimum absolute atomic E-state index is 0. The van der Waals surface area contributed by atoms with Gasteiger partial charge in [-0.3, -0.25) is 9.69 Å². The van der Waals surface area contributed by atoms with Crippen LogP contribution in [0.4, 0.5) is 0 Å². The third-order valence-electron chi connectivity index (χ3n) is 4.26. The second kappa shape index (κ2) is 10.6. The second-order valence-electron chi connectivity index (χ2n) is 5.63. The molecule has 2 N–H and O–H groups in total. The van der Waals surface area contributed by atoms with E-state index in [2.05, 4.69) is 4.90 Å². The molecule has 126 valence electrons. The number of rotatable bonds is 5. The Balaban J connectivity index is 0.00000200. The molecule has 21 heavy (non-hydrogen) atoms. The van der Waals surface area contributed by atoms with Gasteiger partial charge in [0.15, 0.2) is 0 Å². The Morgan fingerprint density at radius 3 is 2.38 bits per heavy atom. The van der Waals surface area contributed by atoms with Gasteiger partial charge in [-0.25, -0.2) is 0 Å². The number of amides is 1. The zero-order valence-corrected chi connectivity index (χ0v) is 14.5. The van der Waals surface area contributed by atoms with Crippen LogP contribution >= 0.6 is 24.8 Å². The number of ether oxygens (including phenoxy) is 1. The summed E-state index contributed by atoms with van der Waals surface area (Å²) in [5, 5.41) is 0. The van der Waals surface area contributed by atoms with Crippen molar-refractivity contribution < 1.29 is 9.53 Å². The summed E-state index contributed by atoms with van der Waals surface area (Å²) >= 11 is 0. The summed E-state index contributed by atoms with van der Waals surface area (Å²) in [7, 11) is 0. The quantitative estimate of drug-likeness (QED) is 0.761. The maximum absolute atomic E-state index is 12.3. The van der Waals surface area contributed by atoms with Crippen molar-refractivity contribution in [3.63, 3.8) is 0 Å². The van der Waals surface area contributed by atoms with Gasteiger partial charge in [-0.2, -0.15) is 0 Å². The molecule has 0 radical (unpaired) electrons. The molecule has 1 aliphatic heterocycles. The third kappa shape index (κ3) is 6.28. The van der Waals surface area contributed by atoms with E-state index in [1.165, 1.54) is 0 Å². The Bertz CT molecular complexity index is 300. The molecule has 0 spiro atoms. The van der Waals surface area contributed by atoms with Crippen LogP contribution < -0.4 is 5.73 Å². The van der Waals surface area contributed by atoms with Crippen molar-refractivity contribution in [2.24, 2.45) is 11.7 Å². The third-order valence-corrected chi connectivity index (χ3v) is 4.26. The minimum Gasteiger partial charge on any atom is -0.380 e. The predicted molar refractivity (Wildman–Crippen MR) is 89.3 cm³/mol. The van der Waals surface area contributed by atoms with Crippen LogP contribution in [-0.4, -0.2) is 67.7 Å². The van der Waals surface area contributed by atoms with Crippen molar-refractivity contribution in [3.05, 3.63) is 0 Å². The van der Waals surface area contributed by atoms with Crippen LogP contribution in [0.1, 0.15) is 26.2 Å². The van der Waals surface area contributed by atoms with E-state index in [-0.39, 0.29) is 36.8 Å². The maximum Gasteiger partial charge on any atom is 0.225 e. The lowest BCUT2D eigenvalue weighted by Crippen LogP contribution is -2.50. The number of carbonyl (C=O) groups excluding carboxylic acids is 1. The van der Waals surface area contributed by atoms with E-state index in [4.69, 9.17) is 10.5 Å². The topological polar surface area (TPSA) is 58.8 Å². The van der Waals surface area contributed by atoms with E-state index in [0.29, 0.717) is 5.91 Å². The van der Waals surface area contributed by atoms with Crippen LogP contribution in [0.15, 0.2) is 0 Å². The number of carbonyl (C=O) groups is 1. The normalized spacial score (nSPS) is 26.1. The molecule has 2 unspecified atom stereocenters. The predicted octanol–water partition coefficient (Wildman–Crippen LogP) is 1.14. The van der Waals surface area contributed by atoms with Crippen LogP contribution in [0.5, 0.6) is 0 Å². The fraction of sp³-hybridized carbons (Fsp3) is 0.929. The summed E-state index contributed by atoms with van der Waals surface area (Å²) in [4.78, 5) is 16.7. The summed E-state index contributed by atoms with van der Waals surface area (Å²) in [6.07, 6.45) is 2.86. The molecule has 0 aromatic rings. The molecule has 1 saturated carbocycles. The standard InChI is InChI=1S/C14H27N3O2.2ClH/c1-2-19-10-9-16-5-7-17(8-6-16)14(18)12-3-4-13(15)11-12;;/h12-13H,2-11,15H2,1H3;2*1H. The summed E-state index contributed by atoms with van der Waals surface area (Å²) in [6, 6.07) is 0.237. The van der Waals surface area contributed by atoms with Crippen molar-refractivity contribution in [2.45, 2.75) is 32.2 Å². The van der Waals surface area contributed by atoms with Gasteiger partial charge in [-0.15, -0.1) is 24.8 Å². The van der Waals surface area contributed by atoms with Gasteiger partial charge in [0.1, 0.15) is 0 Å². The Morgan fingerprint density at radius 2 is 1.86 bits per heavy atom. The van der Waals surface area contributed by atoms with E-state index in [1.807, 2.05) is 11.8 Å². The van der Waals surface area contributed by atoms with Crippen molar-refractivity contribution >= 4 is 30.7 Å². The summed E-state index contributed by atoms with van der Waals surface area (Å²) in [5.41, 5.74) is 5.89. The molecule has 0 bridgehead atoms. The van der Waals surface area contributed by atoms with Gasteiger partial charge in [0, 0.05) is 51.3 Å². The zero-order chi connectivity index (χ0) is 13.7. The van der Waals surface area contributed by atoms with Crippen molar-refractivity contribution in [1.82, 2.24) is 9.80 Å². The minimum atomic E-state index is 0. The van der Waals surface area contributed by atoms with E-state index in [9.17, 15) is 4.79 Å². The molecule has 2 aliphatic rings. The van der Waals surface area contributed by atoms with Gasteiger partial charge in [-0.05, 0) is 26.2 Å². The van der Waals surface area contributed by atoms with Gasteiger partial charge in [0.05, 0.1) is 6.61 Å². The van der Waals surface area contributed by atoms with Gasteiger partial charge >= 0.3 is 0 Å². The average Bonchev–Trinajstić information content (AvgIpc) is 2.86. The molecule has 1 saturated heterocycles. The smallest absolute Gasteiger partial charge is 0.225 e. The average molecular weight is 342 g/mol. The fourth-order valence-electron chi connectivity index (χ4n) is 3.03. The van der Waals surface area contributed by atoms with Gasteiger partial charge in [-0.1, -0.05) is 0 Å². The lowest BCUT2D eigenvalue weighted by molar-refractivity contribution is -0.137. The van der Waals surface area contributed by atoms with Gasteiger partial charge in [0.2, 0.25) is 5.91 Å². The first-order valence-corrected chi connectivity index (χ1v) is 7.55. The van der Waals surface area contributed by atoms with Crippen LogP contribution in [0, 0.1) is 5.92 Å². The summed E-state index contributed by atoms with van der Waals surface area (Å²) in [6.45, 7) is 8.22. The lowest BCUT2D eigenvalue weighted by atomic mass is 10.1. The summed E-state index contributed by atoms with van der Waals surface area (Å²) < 4.78 is 5.37. The number of halogens is 2. The molecule has 1 amide bonds. The molecule has 2 atom stereocenters.